The van der Waals surface area contributed by atoms with Crippen molar-refractivity contribution in [3.63, 3.8) is 0 Å². The molecule has 146 valence electrons. The van der Waals surface area contributed by atoms with Gasteiger partial charge in [0.1, 0.15) is 12.4 Å². The molecule has 0 fully saturated rings. The zero-order valence-electron chi connectivity index (χ0n) is 15.1. The van der Waals surface area contributed by atoms with Gasteiger partial charge in [-0.2, -0.15) is 0 Å². The summed E-state index contributed by atoms with van der Waals surface area (Å²) in [6.45, 7) is 0.953. The number of methoxy groups -OCH3 is 1. The number of nitrogens with one attached hydrogen (secondary N) is 2. The van der Waals surface area contributed by atoms with E-state index in [1.807, 2.05) is 0 Å². The highest BCUT2D eigenvalue weighted by Gasteiger charge is 2.05. The molecular weight excluding hydrogens is 382 g/mol. The number of ether oxygens (including phenoxy) is 2. The first-order chi connectivity index (χ1) is 13.5. The van der Waals surface area contributed by atoms with Gasteiger partial charge in [0.25, 0.3) is 5.69 Å². The minimum Gasteiger partial charge on any atom is -0.491 e. The smallest absolute Gasteiger partial charge is 0.270 e. The molecule has 8 nitrogen and oxygen atoms in total. The van der Waals surface area contributed by atoms with Crippen LogP contribution in [0.15, 0.2) is 54.6 Å². The number of carbonyl (C=O) groups excluding carboxylic acids is 1. The Hall–Kier alpha value is -3.30. The van der Waals surface area contributed by atoms with Crippen LogP contribution >= 0.6 is 12.2 Å². The molecule has 0 aliphatic rings. The minimum absolute atomic E-state index is 0.0469. The van der Waals surface area contributed by atoms with Crippen molar-refractivity contribution >= 4 is 40.7 Å². The van der Waals surface area contributed by atoms with Crippen molar-refractivity contribution in [1.29, 1.82) is 0 Å². The van der Waals surface area contributed by atoms with Crippen LogP contribution in [0.25, 0.3) is 6.08 Å². The van der Waals surface area contributed by atoms with Crippen molar-refractivity contribution < 1.29 is 19.2 Å². The van der Waals surface area contributed by atoms with E-state index in [1.165, 1.54) is 24.3 Å². The van der Waals surface area contributed by atoms with Crippen LogP contribution in [0.4, 0.5) is 11.4 Å². The van der Waals surface area contributed by atoms with Crippen LogP contribution in [0.2, 0.25) is 0 Å². The van der Waals surface area contributed by atoms with Crippen LogP contribution in [-0.2, 0) is 9.53 Å². The molecule has 0 saturated carbocycles. The first-order valence-electron chi connectivity index (χ1n) is 8.24. The van der Waals surface area contributed by atoms with E-state index in [2.05, 4.69) is 10.6 Å². The third kappa shape index (κ3) is 7.14. The second kappa shape index (κ2) is 10.8. The van der Waals surface area contributed by atoms with Gasteiger partial charge in [-0.1, -0.05) is 12.1 Å². The summed E-state index contributed by atoms with van der Waals surface area (Å²) in [5.41, 5.74) is 1.17. The lowest BCUT2D eigenvalue weighted by Gasteiger charge is -2.09. The summed E-state index contributed by atoms with van der Waals surface area (Å²) in [4.78, 5) is 22.2. The Labute approximate surface area is 167 Å². The van der Waals surface area contributed by atoms with Crippen molar-refractivity contribution in [2.45, 2.75) is 0 Å². The first kappa shape index (κ1) is 21.0. The number of rotatable bonds is 8. The van der Waals surface area contributed by atoms with Crippen LogP contribution in [0.3, 0.4) is 0 Å². The molecule has 0 aliphatic heterocycles. The lowest BCUT2D eigenvalue weighted by Crippen LogP contribution is -2.32. The molecule has 0 unspecified atom stereocenters. The van der Waals surface area contributed by atoms with Gasteiger partial charge in [-0.15, -0.1) is 0 Å². The molecule has 0 bridgehead atoms. The fourth-order valence-electron chi connectivity index (χ4n) is 2.11. The Bertz CT molecular complexity index is 868. The molecule has 28 heavy (non-hydrogen) atoms. The molecule has 1 amide bonds. The third-order valence-electron chi connectivity index (χ3n) is 3.41. The molecule has 9 heteroatoms. The quantitative estimate of drug-likeness (QED) is 0.230. The molecule has 0 heterocycles. The standard InChI is InChI=1S/C19H19N3O5S/c1-26-11-12-27-17-8-6-15(7-9-17)20-19(28)21-18(23)10-5-14-3-2-4-16(13-14)22(24)25/h2-10,13H,11-12H2,1H3,(H2,20,21,23,28)/b10-5+. The number of non-ortho nitro benzene ring substituents is 1. The molecule has 0 radical (unpaired) electrons. The highest BCUT2D eigenvalue weighted by atomic mass is 32.1. The van der Waals surface area contributed by atoms with E-state index in [0.29, 0.717) is 30.2 Å². The Morgan fingerprint density at radius 3 is 2.64 bits per heavy atom. The second-order valence-corrected chi connectivity index (χ2v) is 5.90. The van der Waals surface area contributed by atoms with Gasteiger partial charge in [0.2, 0.25) is 5.91 Å². The monoisotopic (exact) mass is 401 g/mol. The van der Waals surface area contributed by atoms with Crippen LogP contribution in [-0.4, -0.2) is 36.3 Å². The van der Waals surface area contributed by atoms with E-state index in [0.717, 1.165) is 0 Å². The summed E-state index contributed by atoms with van der Waals surface area (Å²) in [6, 6.07) is 13.0. The van der Waals surface area contributed by atoms with E-state index in [-0.39, 0.29) is 10.8 Å². The average molecular weight is 401 g/mol. The first-order valence-corrected chi connectivity index (χ1v) is 8.65. The topological polar surface area (TPSA) is 103 Å². The molecule has 0 saturated heterocycles. The number of amides is 1. The molecular formula is C19H19N3O5S. The van der Waals surface area contributed by atoms with Gasteiger partial charge >= 0.3 is 0 Å². The van der Waals surface area contributed by atoms with E-state index >= 15 is 0 Å². The predicted octanol–water partition coefficient (Wildman–Crippen LogP) is 3.15. The Morgan fingerprint density at radius 1 is 1.21 bits per heavy atom. The van der Waals surface area contributed by atoms with Gasteiger partial charge in [0.05, 0.1) is 11.5 Å². The van der Waals surface area contributed by atoms with Gasteiger partial charge in [-0.05, 0) is 48.1 Å². The van der Waals surface area contributed by atoms with E-state index in [9.17, 15) is 14.9 Å². The highest BCUT2D eigenvalue weighted by molar-refractivity contribution is 7.80. The van der Waals surface area contributed by atoms with E-state index in [1.54, 1.807) is 43.5 Å². The fraction of sp³-hybridized carbons (Fsp3) is 0.158. The SMILES string of the molecule is COCCOc1ccc(NC(=S)NC(=O)/C=C/c2cccc([N+](=O)[O-])c2)cc1. The molecule has 2 aromatic carbocycles. The summed E-state index contributed by atoms with van der Waals surface area (Å²) in [7, 11) is 1.60. The number of carbonyl (C=O) groups is 1. The average Bonchev–Trinajstić information content (AvgIpc) is 2.68. The molecule has 2 N–H and O–H groups in total. The van der Waals surface area contributed by atoms with E-state index < -0.39 is 10.8 Å². The highest BCUT2D eigenvalue weighted by Crippen LogP contribution is 2.16. The zero-order valence-corrected chi connectivity index (χ0v) is 15.9. The van der Waals surface area contributed by atoms with Gasteiger partial charge in [0, 0.05) is 31.0 Å². The molecule has 0 spiro atoms. The fourth-order valence-corrected chi connectivity index (χ4v) is 2.33. The molecule has 0 aromatic heterocycles. The van der Waals surface area contributed by atoms with E-state index in [4.69, 9.17) is 21.7 Å². The lowest BCUT2D eigenvalue weighted by atomic mass is 10.2. The normalized spacial score (nSPS) is 10.5. The summed E-state index contributed by atoms with van der Waals surface area (Å²) >= 11 is 5.10. The lowest BCUT2D eigenvalue weighted by molar-refractivity contribution is -0.384. The van der Waals surface area contributed by atoms with Crippen LogP contribution in [0, 0.1) is 10.1 Å². The molecule has 2 aromatic rings. The van der Waals surface area contributed by atoms with Crippen LogP contribution in [0.5, 0.6) is 5.75 Å². The minimum atomic E-state index is -0.496. The maximum absolute atomic E-state index is 11.9. The Balaban J connectivity index is 1.84. The summed E-state index contributed by atoms with van der Waals surface area (Å²) in [5, 5.41) is 16.3. The van der Waals surface area contributed by atoms with Gasteiger partial charge in [-0.3, -0.25) is 20.2 Å². The summed E-state index contributed by atoms with van der Waals surface area (Å²) < 4.78 is 10.4. The number of hydrogen-bond donors (Lipinski definition) is 2. The number of hydrogen-bond acceptors (Lipinski definition) is 6. The Kier molecular flexibility index (Phi) is 8.07. The molecule has 2 rings (SSSR count). The van der Waals surface area contributed by atoms with Crippen molar-refractivity contribution in [1.82, 2.24) is 5.32 Å². The summed E-state index contributed by atoms with van der Waals surface area (Å²) in [6.07, 6.45) is 2.72. The third-order valence-corrected chi connectivity index (χ3v) is 3.62. The summed E-state index contributed by atoms with van der Waals surface area (Å²) in [5.74, 6) is 0.237. The van der Waals surface area contributed by atoms with Gasteiger partial charge in [0.15, 0.2) is 5.11 Å². The predicted molar refractivity (Wildman–Crippen MR) is 110 cm³/mol. The maximum Gasteiger partial charge on any atom is 0.270 e. The number of nitro groups is 1. The number of nitro benzene ring substituents is 1. The Morgan fingerprint density at radius 2 is 1.96 bits per heavy atom. The number of nitrogens with zero attached hydrogens (tertiary/aromatic N) is 1. The van der Waals surface area contributed by atoms with Crippen molar-refractivity contribution in [3.05, 3.63) is 70.3 Å². The molecule has 0 atom stereocenters. The largest absolute Gasteiger partial charge is 0.491 e. The zero-order chi connectivity index (χ0) is 20.4. The number of benzene rings is 2. The van der Waals surface area contributed by atoms with Gasteiger partial charge < -0.3 is 14.8 Å². The number of anilines is 1. The van der Waals surface area contributed by atoms with Gasteiger partial charge in [-0.25, -0.2) is 0 Å². The maximum atomic E-state index is 11.9. The van der Waals surface area contributed by atoms with Crippen LogP contribution in [0.1, 0.15) is 5.56 Å². The van der Waals surface area contributed by atoms with Crippen LogP contribution < -0.4 is 15.4 Å². The second-order valence-electron chi connectivity index (χ2n) is 5.49. The van der Waals surface area contributed by atoms with Crippen molar-refractivity contribution in [3.8, 4) is 5.75 Å². The van der Waals surface area contributed by atoms with Crippen molar-refractivity contribution in [2.24, 2.45) is 0 Å². The molecule has 0 aliphatic carbocycles. The number of thiocarbonyl (C=S) groups is 1. The van der Waals surface area contributed by atoms with Crippen molar-refractivity contribution in [2.75, 3.05) is 25.6 Å².